The zero-order valence-electron chi connectivity index (χ0n) is 2.98. The predicted octanol–water partition coefficient (Wildman–Crippen LogP) is 0.307. The molecule has 0 aromatic carbocycles. The summed E-state index contributed by atoms with van der Waals surface area (Å²) < 4.78 is 4.36. The van der Waals surface area contributed by atoms with Crippen molar-refractivity contribution in [3.8, 4) is 0 Å². The van der Waals surface area contributed by atoms with Crippen LogP contribution in [0.25, 0.3) is 0 Å². The molecule has 1 aliphatic heterocycles. The Labute approximate surface area is 43.6 Å². The quantitative estimate of drug-likeness (QED) is 0.367. The third-order valence-corrected chi connectivity index (χ3v) is 1.27. The number of alkyl halides is 1. The number of hydrogen-bond donors (Lipinski definition) is 0. The van der Waals surface area contributed by atoms with Crippen LogP contribution in [0, 0.1) is 0 Å². The third kappa shape index (κ3) is 0.429. The van der Waals surface area contributed by atoms with Crippen molar-refractivity contribution in [2.75, 3.05) is 6.61 Å². The first kappa shape index (κ1) is 4.12. The van der Waals surface area contributed by atoms with E-state index in [1.807, 2.05) is 0 Å². The summed E-state index contributed by atoms with van der Waals surface area (Å²) in [6, 6.07) is 0. The summed E-state index contributed by atoms with van der Waals surface area (Å²) in [5.41, 5.74) is 0. The Kier molecular flexibility index (Phi) is 0.839. The molecule has 6 heavy (non-hydrogen) atoms. The highest BCUT2D eigenvalue weighted by molar-refractivity contribution is 9.10. The fraction of sp³-hybridized carbons (Fsp3) is 0.667. The maximum absolute atomic E-state index is 9.96. The topological polar surface area (TPSA) is 26.3 Å². The van der Waals surface area contributed by atoms with Crippen LogP contribution in [0.3, 0.4) is 0 Å². The molecule has 1 atom stereocenters. The normalized spacial score (nSPS) is 31.5. The van der Waals surface area contributed by atoms with Gasteiger partial charge in [0.05, 0.1) is 0 Å². The van der Waals surface area contributed by atoms with Gasteiger partial charge in [-0.2, -0.15) is 0 Å². The molecule has 1 unspecified atom stereocenters. The van der Waals surface area contributed by atoms with Crippen LogP contribution in [0.4, 0.5) is 0 Å². The lowest BCUT2D eigenvalue weighted by atomic mass is 10.4. The largest absolute Gasteiger partial charge is 0.463 e. The standard InChI is InChI=1S/C3H3BrO2/c4-2-1-6-3(2)5/h2H,1H2. The van der Waals surface area contributed by atoms with Crippen molar-refractivity contribution >= 4 is 21.9 Å². The molecule has 0 saturated carbocycles. The minimum Gasteiger partial charge on any atom is -0.463 e. The van der Waals surface area contributed by atoms with Crippen LogP contribution in [-0.2, 0) is 9.53 Å². The number of esters is 1. The van der Waals surface area contributed by atoms with Crippen LogP contribution >= 0.6 is 15.9 Å². The third-order valence-electron chi connectivity index (χ3n) is 0.628. The number of rotatable bonds is 0. The molecule has 0 amide bonds. The van der Waals surface area contributed by atoms with E-state index in [4.69, 9.17) is 0 Å². The van der Waals surface area contributed by atoms with E-state index in [2.05, 4.69) is 20.7 Å². The second-order valence-electron chi connectivity index (χ2n) is 1.10. The van der Waals surface area contributed by atoms with Crippen molar-refractivity contribution in [2.45, 2.75) is 4.83 Å². The summed E-state index contributed by atoms with van der Waals surface area (Å²) in [6.45, 7) is 0.541. The molecule has 1 aliphatic rings. The van der Waals surface area contributed by atoms with E-state index in [0.29, 0.717) is 6.61 Å². The van der Waals surface area contributed by atoms with Gasteiger partial charge in [0.25, 0.3) is 0 Å². The zero-order chi connectivity index (χ0) is 4.57. The second-order valence-corrected chi connectivity index (χ2v) is 2.20. The van der Waals surface area contributed by atoms with Gasteiger partial charge in [-0.1, -0.05) is 15.9 Å². The molecule has 0 aliphatic carbocycles. The molecule has 0 bridgehead atoms. The first-order valence-corrected chi connectivity index (χ1v) is 2.53. The van der Waals surface area contributed by atoms with Crippen LogP contribution < -0.4 is 0 Å². The summed E-state index contributed by atoms with van der Waals surface area (Å²) >= 11 is 3.05. The number of carbonyl (C=O) groups is 1. The number of hydrogen-bond acceptors (Lipinski definition) is 2. The molecule has 34 valence electrons. The van der Waals surface area contributed by atoms with Gasteiger partial charge in [-0.15, -0.1) is 0 Å². The van der Waals surface area contributed by atoms with Gasteiger partial charge in [0.15, 0.2) is 0 Å². The molecule has 3 heteroatoms. The van der Waals surface area contributed by atoms with Crippen molar-refractivity contribution in [3.63, 3.8) is 0 Å². The molecule has 2 nitrogen and oxygen atoms in total. The van der Waals surface area contributed by atoms with Crippen molar-refractivity contribution in [2.24, 2.45) is 0 Å². The van der Waals surface area contributed by atoms with Gasteiger partial charge < -0.3 is 4.74 Å². The minimum absolute atomic E-state index is 0.0162. The van der Waals surface area contributed by atoms with Gasteiger partial charge in [-0.25, -0.2) is 0 Å². The minimum atomic E-state index is -0.144. The fourth-order valence-electron chi connectivity index (χ4n) is 0.214. The average molecular weight is 151 g/mol. The first-order chi connectivity index (χ1) is 2.80. The summed E-state index contributed by atoms with van der Waals surface area (Å²) in [7, 11) is 0. The molecule has 1 fully saturated rings. The predicted molar refractivity (Wildman–Crippen MR) is 23.7 cm³/mol. The van der Waals surface area contributed by atoms with E-state index in [1.165, 1.54) is 0 Å². The summed E-state index contributed by atoms with van der Waals surface area (Å²) in [5, 5.41) is 0. The van der Waals surface area contributed by atoms with Crippen molar-refractivity contribution < 1.29 is 9.53 Å². The van der Waals surface area contributed by atoms with Crippen molar-refractivity contribution in [1.82, 2.24) is 0 Å². The van der Waals surface area contributed by atoms with Crippen LogP contribution in [0.2, 0.25) is 0 Å². The maximum atomic E-state index is 9.96. The van der Waals surface area contributed by atoms with Crippen molar-refractivity contribution in [3.05, 3.63) is 0 Å². The zero-order valence-corrected chi connectivity index (χ0v) is 4.56. The Morgan fingerprint density at radius 1 is 2.00 bits per heavy atom. The van der Waals surface area contributed by atoms with E-state index in [-0.39, 0.29) is 10.8 Å². The SMILES string of the molecule is O=C1OCC1Br. The van der Waals surface area contributed by atoms with E-state index in [9.17, 15) is 4.79 Å². The Bertz CT molecular complexity index is 80.9. The van der Waals surface area contributed by atoms with E-state index >= 15 is 0 Å². The molecule has 0 N–H and O–H groups in total. The molecular weight excluding hydrogens is 148 g/mol. The molecule has 1 rings (SSSR count). The van der Waals surface area contributed by atoms with Crippen LogP contribution in [0.15, 0.2) is 0 Å². The van der Waals surface area contributed by atoms with Crippen LogP contribution in [0.5, 0.6) is 0 Å². The smallest absolute Gasteiger partial charge is 0.323 e. The highest BCUT2D eigenvalue weighted by Gasteiger charge is 2.26. The summed E-state index contributed by atoms with van der Waals surface area (Å²) in [5.74, 6) is -0.144. The molecule has 1 heterocycles. The van der Waals surface area contributed by atoms with Crippen molar-refractivity contribution in [1.29, 1.82) is 0 Å². The Balaban J connectivity index is 2.39. The number of carbonyl (C=O) groups excluding carboxylic acids is 1. The van der Waals surface area contributed by atoms with Gasteiger partial charge in [-0.05, 0) is 0 Å². The summed E-state index contributed by atoms with van der Waals surface area (Å²) in [6.07, 6.45) is 0. The first-order valence-electron chi connectivity index (χ1n) is 1.61. The van der Waals surface area contributed by atoms with Gasteiger partial charge >= 0.3 is 5.97 Å². The van der Waals surface area contributed by atoms with Gasteiger partial charge in [0.2, 0.25) is 0 Å². The Morgan fingerprint density at radius 3 is 2.50 bits per heavy atom. The number of halogens is 1. The lowest BCUT2D eigenvalue weighted by Gasteiger charge is -2.17. The molecule has 1 saturated heterocycles. The van der Waals surface area contributed by atoms with E-state index in [0.717, 1.165) is 0 Å². The lowest BCUT2D eigenvalue weighted by Crippen LogP contribution is -2.34. The fourth-order valence-corrected chi connectivity index (χ4v) is 0.479. The molecule has 0 aromatic heterocycles. The number of ether oxygens (including phenoxy) is 1. The highest BCUT2D eigenvalue weighted by atomic mass is 79.9. The van der Waals surface area contributed by atoms with E-state index < -0.39 is 0 Å². The monoisotopic (exact) mass is 150 g/mol. The lowest BCUT2D eigenvalue weighted by molar-refractivity contribution is -0.155. The number of cyclic esters (lactones) is 1. The Morgan fingerprint density at radius 2 is 2.50 bits per heavy atom. The van der Waals surface area contributed by atoms with Gasteiger partial charge in [0.1, 0.15) is 11.4 Å². The second kappa shape index (κ2) is 1.22. The summed E-state index contributed by atoms with van der Waals surface area (Å²) in [4.78, 5) is 9.95. The average Bonchev–Trinajstić information content (AvgIpc) is 1.61. The van der Waals surface area contributed by atoms with Crippen LogP contribution in [0.1, 0.15) is 0 Å². The van der Waals surface area contributed by atoms with E-state index in [1.54, 1.807) is 0 Å². The van der Waals surface area contributed by atoms with Crippen LogP contribution in [-0.4, -0.2) is 17.4 Å². The van der Waals surface area contributed by atoms with Gasteiger partial charge in [-0.3, -0.25) is 4.79 Å². The molecule has 0 spiro atoms. The van der Waals surface area contributed by atoms with Gasteiger partial charge in [0, 0.05) is 0 Å². The maximum Gasteiger partial charge on any atom is 0.323 e. The highest BCUT2D eigenvalue weighted by Crippen LogP contribution is 2.11. The molecular formula is C3H3BrO2. The Hall–Kier alpha value is -0.0500. The molecule has 0 aromatic rings. The molecule has 0 radical (unpaired) electrons.